The SMILES string of the molecule is C#CCOCCCOCC#C.OCCCO. The van der Waals surface area contributed by atoms with Crippen molar-refractivity contribution in [2.75, 3.05) is 39.6 Å². The highest BCUT2D eigenvalue weighted by Crippen LogP contribution is 1.83. The Morgan fingerprint density at radius 2 is 1.25 bits per heavy atom. The van der Waals surface area contributed by atoms with E-state index in [1.807, 2.05) is 0 Å². The molecule has 4 nitrogen and oxygen atoms in total. The molecule has 0 aromatic rings. The van der Waals surface area contributed by atoms with Crippen molar-refractivity contribution >= 4 is 0 Å². The van der Waals surface area contributed by atoms with E-state index in [1.165, 1.54) is 0 Å². The molecule has 0 heterocycles. The minimum atomic E-state index is 0.0938. The largest absolute Gasteiger partial charge is 0.396 e. The van der Waals surface area contributed by atoms with Gasteiger partial charge in [0.15, 0.2) is 0 Å². The van der Waals surface area contributed by atoms with Crippen LogP contribution in [-0.4, -0.2) is 49.9 Å². The molecule has 0 saturated carbocycles. The van der Waals surface area contributed by atoms with Crippen LogP contribution in [0.25, 0.3) is 0 Å². The summed E-state index contributed by atoms with van der Waals surface area (Å²) in [5.74, 6) is 4.75. The normalized spacial score (nSPS) is 8.50. The van der Waals surface area contributed by atoms with Gasteiger partial charge in [-0.15, -0.1) is 12.8 Å². The molecule has 0 atom stereocenters. The summed E-state index contributed by atoms with van der Waals surface area (Å²) in [5.41, 5.74) is 0. The second-order valence-electron chi connectivity index (χ2n) is 2.67. The number of ether oxygens (including phenoxy) is 2. The lowest BCUT2D eigenvalue weighted by atomic mass is 10.5. The maximum Gasteiger partial charge on any atom is 0.107 e. The first-order valence-corrected chi connectivity index (χ1v) is 5.07. The number of hydrogen-bond acceptors (Lipinski definition) is 4. The average molecular weight is 228 g/mol. The Labute approximate surface area is 97.6 Å². The van der Waals surface area contributed by atoms with Crippen LogP contribution < -0.4 is 0 Å². The molecular weight excluding hydrogens is 208 g/mol. The molecule has 0 rings (SSSR count). The lowest BCUT2D eigenvalue weighted by Gasteiger charge is -1.99. The number of hydrogen-bond donors (Lipinski definition) is 2. The predicted molar refractivity (Wildman–Crippen MR) is 62.7 cm³/mol. The van der Waals surface area contributed by atoms with Gasteiger partial charge in [-0.3, -0.25) is 0 Å². The fourth-order valence-electron chi connectivity index (χ4n) is 0.596. The molecule has 4 heteroatoms. The van der Waals surface area contributed by atoms with Crippen LogP contribution >= 0.6 is 0 Å². The third kappa shape index (κ3) is 23.1. The Hall–Kier alpha value is -1.04. The fraction of sp³-hybridized carbons (Fsp3) is 0.667. The first-order chi connectivity index (χ1) is 7.83. The topological polar surface area (TPSA) is 58.9 Å². The van der Waals surface area contributed by atoms with E-state index in [9.17, 15) is 0 Å². The molecule has 0 aliphatic rings. The zero-order chi connectivity index (χ0) is 12.5. The molecule has 0 spiro atoms. The Morgan fingerprint density at radius 1 is 0.812 bits per heavy atom. The van der Waals surface area contributed by atoms with E-state index in [0.29, 0.717) is 32.8 Å². The summed E-state index contributed by atoms with van der Waals surface area (Å²) in [5, 5.41) is 15.8. The quantitative estimate of drug-likeness (QED) is 0.455. The van der Waals surface area contributed by atoms with Crippen LogP contribution in [0.5, 0.6) is 0 Å². The van der Waals surface area contributed by atoms with Crippen molar-refractivity contribution in [2.24, 2.45) is 0 Å². The maximum atomic E-state index is 7.91. The molecule has 16 heavy (non-hydrogen) atoms. The summed E-state index contributed by atoms with van der Waals surface area (Å²) in [7, 11) is 0. The molecule has 2 N–H and O–H groups in total. The third-order valence-electron chi connectivity index (χ3n) is 1.26. The zero-order valence-corrected chi connectivity index (χ0v) is 9.52. The molecule has 0 amide bonds. The van der Waals surface area contributed by atoms with E-state index in [-0.39, 0.29) is 13.2 Å². The predicted octanol–water partition coefficient (Wildman–Crippen LogP) is 0.0372. The van der Waals surface area contributed by atoms with Crippen molar-refractivity contribution in [3.05, 3.63) is 0 Å². The first kappa shape index (κ1) is 17.4. The molecular formula is C12H20O4. The fourth-order valence-corrected chi connectivity index (χ4v) is 0.596. The van der Waals surface area contributed by atoms with Gasteiger partial charge in [-0.1, -0.05) is 11.8 Å². The summed E-state index contributed by atoms with van der Waals surface area (Å²) in [6, 6.07) is 0. The molecule has 0 aliphatic heterocycles. The summed E-state index contributed by atoms with van der Waals surface area (Å²) in [6.07, 6.45) is 11.3. The molecule has 0 aromatic carbocycles. The van der Waals surface area contributed by atoms with Gasteiger partial charge >= 0.3 is 0 Å². The van der Waals surface area contributed by atoms with E-state index >= 15 is 0 Å². The van der Waals surface area contributed by atoms with E-state index in [4.69, 9.17) is 32.5 Å². The second kappa shape index (κ2) is 19.5. The third-order valence-corrected chi connectivity index (χ3v) is 1.26. The Bertz CT molecular complexity index is 170. The Morgan fingerprint density at radius 3 is 1.50 bits per heavy atom. The van der Waals surface area contributed by atoms with Gasteiger partial charge in [0.1, 0.15) is 13.2 Å². The number of aliphatic hydroxyl groups is 2. The minimum Gasteiger partial charge on any atom is -0.396 e. The van der Waals surface area contributed by atoms with E-state index in [1.54, 1.807) is 0 Å². The second-order valence-corrected chi connectivity index (χ2v) is 2.67. The standard InChI is InChI=1S/C9H12O2.C3H8O2/c1-3-6-10-8-5-9-11-7-4-2;4-2-1-3-5/h1-2H,5-9H2;4-5H,1-3H2. The first-order valence-electron chi connectivity index (χ1n) is 5.07. The highest BCUT2D eigenvalue weighted by Gasteiger charge is 1.86. The van der Waals surface area contributed by atoms with Gasteiger partial charge in [0, 0.05) is 13.2 Å². The molecule has 0 radical (unpaired) electrons. The maximum absolute atomic E-state index is 7.91. The molecule has 0 aromatic heterocycles. The van der Waals surface area contributed by atoms with Crippen molar-refractivity contribution < 1.29 is 19.7 Å². The van der Waals surface area contributed by atoms with Gasteiger partial charge in [0.05, 0.1) is 13.2 Å². The lowest BCUT2D eigenvalue weighted by molar-refractivity contribution is 0.111. The van der Waals surface area contributed by atoms with E-state index < -0.39 is 0 Å². The lowest BCUT2D eigenvalue weighted by Crippen LogP contribution is -2.01. The van der Waals surface area contributed by atoms with Crippen LogP contribution in [0, 0.1) is 24.7 Å². The van der Waals surface area contributed by atoms with Gasteiger partial charge in [0.2, 0.25) is 0 Å². The van der Waals surface area contributed by atoms with Crippen LogP contribution in [-0.2, 0) is 9.47 Å². The smallest absolute Gasteiger partial charge is 0.107 e. The summed E-state index contributed by atoms with van der Waals surface area (Å²) in [4.78, 5) is 0. The number of aliphatic hydroxyl groups excluding tert-OH is 2. The van der Waals surface area contributed by atoms with Crippen molar-refractivity contribution in [3.8, 4) is 24.7 Å². The van der Waals surface area contributed by atoms with Gasteiger partial charge < -0.3 is 19.7 Å². The van der Waals surface area contributed by atoms with Crippen LogP contribution in [0.4, 0.5) is 0 Å². The van der Waals surface area contributed by atoms with Crippen LogP contribution in [0.1, 0.15) is 12.8 Å². The van der Waals surface area contributed by atoms with E-state index in [0.717, 1.165) is 6.42 Å². The van der Waals surface area contributed by atoms with Gasteiger partial charge in [-0.25, -0.2) is 0 Å². The summed E-state index contributed by atoms with van der Waals surface area (Å²) in [6.45, 7) is 2.20. The van der Waals surface area contributed by atoms with Crippen LogP contribution in [0.3, 0.4) is 0 Å². The molecule has 0 bridgehead atoms. The minimum absolute atomic E-state index is 0.0938. The van der Waals surface area contributed by atoms with Gasteiger partial charge in [0.25, 0.3) is 0 Å². The molecule has 92 valence electrons. The van der Waals surface area contributed by atoms with E-state index in [2.05, 4.69) is 11.8 Å². The van der Waals surface area contributed by atoms with Crippen molar-refractivity contribution in [2.45, 2.75) is 12.8 Å². The van der Waals surface area contributed by atoms with Gasteiger partial charge in [-0.2, -0.15) is 0 Å². The van der Waals surface area contributed by atoms with Crippen molar-refractivity contribution in [3.63, 3.8) is 0 Å². The molecule has 0 unspecified atom stereocenters. The van der Waals surface area contributed by atoms with Crippen molar-refractivity contribution in [1.29, 1.82) is 0 Å². The monoisotopic (exact) mass is 228 g/mol. The average Bonchev–Trinajstić information content (AvgIpc) is 2.30. The highest BCUT2D eigenvalue weighted by atomic mass is 16.5. The Kier molecular flexibility index (Phi) is 21.2. The molecule has 0 aliphatic carbocycles. The summed E-state index contributed by atoms with van der Waals surface area (Å²) >= 11 is 0. The molecule has 0 saturated heterocycles. The zero-order valence-electron chi connectivity index (χ0n) is 9.52. The Balaban J connectivity index is 0. The van der Waals surface area contributed by atoms with Gasteiger partial charge in [-0.05, 0) is 12.8 Å². The summed E-state index contributed by atoms with van der Waals surface area (Å²) < 4.78 is 9.99. The molecule has 0 fully saturated rings. The van der Waals surface area contributed by atoms with Crippen LogP contribution in [0.15, 0.2) is 0 Å². The number of terminal acetylenes is 2. The van der Waals surface area contributed by atoms with Crippen molar-refractivity contribution in [1.82, 2.24) is 0 Å². The number of rotatable bonds is 8. The van der Waals surface area contributed by atoms with Crippen LogP contribution in [0.2, 0.25) is 0 Å². The highest BCUT2D eigenvalue weighted by molar-refractivity contribution is 4.83.